The first-order valence-corrected chi connectivity index (χ1v) is 15.7. The van der Waals surface area contributed by atoms with Crippen LogP contribution in [-0.2, 0) is 21.4 Å². The third-order valence-electron chi connectivity index (χ3n) is 6.91. The van der Waals surface area contributed by atoms with Crippen molar-refractivity contribution >= 4 is 59.0 Å². The van der Waals surface area contributed by atoms with Crippen LogP contribution in [-0.4, -0.2) is 93.0 Å². The van der Waals surface area contributed by atoms with Crippen molar-refractivity contribution in [1.29, 1.82) is 0 Å². The summed E-state index contributed by atoms with van der Waals surface area (Å²) in [6.45, 7) is 3.65. The van der Waals surface area contributed by atoms with Gasteiger partial charge in [0.15, 0.2) is 0 Å². The third kappa shape index (κ3) is 7.40. The Morgan fingerprint density at radius 1 is 1.26 bits per heavy atom. The number of aliphatic carboxylic acids is 1. The minimum absolute atomic E-state index is 0. The summed E-state index contributed by atoms with van der Waals surface area (Å²) >= 11 is 2.41. The smallest absolute Gasteiger partial charge is 0.543 e. The van der Waals surface area contributed by atoms with Gasteiger partial charge in [-0.25, -0.2) is 14.5 Å². The van der Waals surface area contributed by atoms with Gasteiger partial charge >= 0.3 is 35.6 Å². The summed E-state index contributed by atoms with van der Waals surface area (Å²) in [5, 5.41) is 38.3. The minimum Gasteiger partial charge on any atom is -0.543 e. The van der Waals surface area contributed by atoms with Crippen molar-refractivity contribution in [2.45, 2.75) is 42.5 Å². The number of phenols is 1. The molecule has 0 aliphatic carbocycles. The van der Waals surface area contributed by atoms with Gasteiger partial charge in [0.05, 0.1) is 17.9 Å². The number of carbonyl (C=O) groups excluding carboxylic acids is 4. The first kappa shape index (κ1) is 35.7. The maximum absolute atomic E-state index is 13.9. The van der Waals surface area contributed by atoms with E-state index in [9.17, 15) is 34.2 Å². The number of aromatic amines is 1. The summed E-state index contributed by atoms with van der Waals surface area (Å²) in [6, 6.07) is 1.21. The number of hydrogen-bond acceptors (Lipinski definition) is 14. The van der Waals surface area contributed by atoms with E-state index >= 15 is 0 Å². The summed E-state index contributed by atoms with van der Waals surface area (Å²) in [5.74, 6) is -2.81. The number of thioether (sulfide) groups is 2. The van der Waals surface area contributed by atoms with Crippen LogP contribution in [0.4, 0.5) is 16.4 Å². The van der Waals surface area contributed by atoms with E-state index in [1.807, 2.05) is 13.8 Å². The number of anilines is 2. The van der Waals surface area contributed by atoms with Crippen molar-refractivity contribution in [3.8, 4) is 5.75 Å². The largest absolute Gasteiger partial charge is 1.00 e. The molecule has 2 aromatic heterocycles. The fourth-order valence-electron chi connectivity index (χ4n) is 4.88. The maximum atomic E-state index is 13.9. The van der Waals surface area contributed by atoms with Crippen molar-refractivity contribution < 1.29 is 58.9 Å². The van der Waals surface area contributed by atoms with Gasteiger partial charge in [-0.15, -0.1) is 16.9 Å². The quantitative estimate of drug-likeness (QED) is 0.0723. The number of urea groups is 1. The summed E-state index contributed by atoms with van der Waals surface area (Å²) in [7, 11) is 1.63. The van der Waals surface area contributed by atoms with E-state index in [4.69, 9.17) is 5.73 Å². The molecular formula is C26H28N11NaO7S2. The number of benzene rings is 1. The molecule has 1 aromatic carbocycles. The number of H-pyrrole nitrogens is 1. The van der Waals surface area contributed by atoms with Crippen LogP contribution in [0.3, 0.4) is 0 Å². The second kappa shape index (κ2) is 14.8. The van der Waals surface area contributed by atoms with Gasteiger partial charge in [0.2, 0.25) is 17.0 Å². The Hall–Kier alpha value is -4.11. The molecule has 47 heavy (non-hydrogen) atoms. The van der Waals surface area contributed by atoms with E-state index < -0.39 is 46.8 Å². The number of hydrogen-bond donors (Lipinski definition) is 5. The molecule has 0 radical (unpaired) electrons. The molecule has 1 fully saturated rings. The first-order valence-electron chi connectivity index (χ1n) is 13.6. The SMILES string of the molecule is CC(C)Nc1ncc(N(C(N)=O)C(C(=O)NC2C(=O)N3C(C(=O)[O-])=C(CSc4nnnn4C)CS[C@@H]23)c2ccc(O)cc2)c(=O)[nH]1.[Na+]. The number of tetrazole rings is 1. The molecule has 0 saturated carbocycles. The number of carbonyl (C=O) groups is 4. The van der Waals surface area contributed by atoms with E-state index in [1.54, 1.807) is 7.05 Å². The number of primary amides is 1. The number of aromatic nitrogens is 6. The maximum Gasteiger partial charge on any atom is 1.00 e. The fourth-order valence-corrected chi connectivity index (χ4v) is 7.21. The van der Waals surface area contributed by atoms with E-state index in [0.29, 0.717) is 10.7 Å². The third-order valence-corrected chi connectivity index (χ3v) is 9.35. The summed E-state index contributed by atoms with van der Waals surface area (Å²) in [4.78, 5) is 73.8. The first-order chi connectivity index (χ1) is 21.9. The predicted molar refractivity (Wildman–Crippen MR) is 163 cm³/mol. The van der Waals surface area contributed by atoms with E-state index in [-0.39, 0.29) is 75.8 Å². The number of phenolic OH excluding ortho intramolecular Hbond substituents is 1. The normalized spacial score (nSPS) is 17.7. The molecule has 6 N–H and O–H groups in total. The Morgan fingerprint density at radius 2 is 1.96 bits per heavy atom. The van der Waals surface area contributed by atoms with E-state index in [2.05, 4.69) is 36.1 Å². The van der Waals surface area contributed by atoms with Crippen LogP contribution >= 0.6 is 23.5 Å². The molecule has 3 atom stereocenters. The Labute approximate surface area is 297 Å². The second-order valence-electron chi connectivity index (χ2n) is 10.5. The molecule has 242 valence electrons. The second-order valence-corrected chi connectivity index (χ2v) is 12.5. The van der Waals surface area contributed by atoms with Crippen molar-refractivity contribution in [2.75, 3.05) is 21.7 Å². The van der Waals surface area contributed by atoms with Gasteiger partial charge in [-0.05, 0) is 47.5 Å². The van der Waals surface area contributed by atoms with E-state index in [1.165, 1.54) is 52.5 Å². The van der Waals surface area contributed by atoms with Crippen molar-refractivity contribution in [3.05, 3.63) is 57.6 Å². The molecule has 5 rings (SSSR count). The van der Waals surface area contributed by atoms with Gasteiger partial charge in [0, 0.05) is 24.6 Å². The molecule has 2 unspecified atom stereocenters. The number of β-lactam (4-membered cyclic amide) rings is 1. The van der Waals surface area contributed by atoms with Gasteiger partial charge in [0.25, 0.3) is 11.5 Å². The predicted octanol–water partition coefficient (Wildman–Crippen LogP) is -4.35. The topological polar surface area (TPSA) is 257 Å². The molecule has 2 aliphatic heterocycles. The number of aromatic hydroxyl groups is 1. The summed E-state index contributed by atoms with van der Waals surface area (Å²) in [5.41, 5.74) is 4.82. The Bertz CT molecular complexity index is 1780. The van der Waals surface area contributed by atoms with Crippen LogP contribution in [0.15, 0.2) is 51.7 Å². The average Bonchev–Trinajstić information content (AvgIpc) is 3.41. The van der Waals surface area contributed by atoms with E-state index in [0.717, 1.165) is 16.0 Å². The van der Waals surface area contributed by atoms with Crippen LogP contribution < -0.4 is 61.5 Å². The zero-order chi connectivity index (χ0) is 33.3. The van der Waals surface area contributed by atoms with Crippen LogP contribution in [0, 0.1) is 0 Å². The zero-order valence-corrected chi connectivity index (χ0v) is 29.2. The molecule has 2 aliphatic rings. The number of rotatable bonds is 11. The number of nitrogens with two attached hydrogens (primary N) is 1. The van der Waals surface area contributed by atoms with Gasteiger partial charge in [-0.2, -0.15) is 0 Å². The molecule has 18 nitrogen and oxygen atoms in total. The average molecular weight is 694 g/mol. The number of nitrogens with zero attached hydrogens (tertiary/aromatic N) is 7. The summed E-state index contributed by atoms with van der Waals surface area (Å²) < 4.78 is 1.42. The van der Waals surface area contributed by atoms with Crippen molar-refractivity contribution in [3.63, 3.8) is 0 Å². The zero-order valence-electron chi connectivity index (χ0n) is 25.5. The number of fused-ring (bicyclic) bond motifs is 1. The Morgan fingerprint density at radius 3 is 2.53 bits per heavy atom. The number of carboxylic acids is 1. The fraction of sp³-hybridized carbons (Fsp3) is 0.346. The van der Waals surface area contributed by atoms with Crippen LogP contribution in [0.5, 0.6) is 5.75 Å². The molecule has 0 spiro atoms. The van der Waals surface area contributed by atoms with Crippen LogP contribution in [0.2, 0.25) is 0 Å². The van der Waals surface area contributed by atoms with Gasteiger partial charge in [-0.3, -0.25) is 29.2 Å². The standard InChI is InChI=1S/C26H29N11O7S2.Na/c1-11(2)29-25-28-8-15(19(39)31-25)36(24(27)44)17(12-4-6-14(38)7-5-12)20(40)30-16-21(41)37-18(23(42)43)13(9-45-22(16)37)10-46-26-32-33-34-35(26)3;/h4-8,11,16-17,22,38H,9-10H2,1-3H3,(H2,27,44)(H,30,40)(H,42,43)(H2,28,29,31,39);/q;+1/p-1/t16?,17?,22-;/m0./s1. The molecule has 4 amide bonds. The number of aryl methyl sites for hydroxylation is 1. The number of amides is 4. The van der Waals surface area contributed by atoms with Crippen molar-refractivity contribution in [1.82, 2.24) is 40.4 Å². The molecule has 1 saturated heterocycles. The van der Waals surface area contributed by atoms with Gasteiger partial charge in [-0.1, -0.05) is 23.9 Å². The van der Waals surface area contributed by atoms with Gasteiger partial charge < -0.3 is 31.4 Å². The monoisotopic (exact) mass is 693 g/mol. The van der Waals surface area contributed by atoms with Crippen LogP contribution in [0.1, 0.15) is 25.5 Å². The van der Waals surface area contributed by atoms with Crippen LogP contribution in [0.25, 0.3) is 0 Å². The molecule has 3 aromatic rings. The molecule has 4 heterocycles. The molecular weight excluding hydrogens is 665 g/mol. The van der Waals surface area contributed by atoms with Gasteiger partial charge in [0.1, 0.15) is 28.9 Å². The number of carboxylic acid groups (broad SMARTS) is 1. The van der Waals surface area contributed by atoms with Crippen molar-refractivity contribution in [2.24, 2.45) is 12.8 Å². The molecule has 21 heteroatoms. The Kier molecular flexibility index (Phi) is 11.2. The minimum atomic E-state index is -1.59. The number of nitrogens with one attached hydrogen (secondary N) is 3. The molecule has 0 bridgehead atoms. The Balaban J connectivity index is 0.00000500. The summed E-state index contributed by atoms with van der Waals surface area (Å²) in [6.07, 6.45) is 1.08.